The molecule has 0 saturated carbocycles. The molecule has 0 aliphatic heterocycles. The fourth-order valence-corrected chi connectivity index (χ4v) is 2.73. The molecule has 0 fully saturated rings. The lowest BCUT2D eigenvalue weighted by molar-refractivity contribution is 0.626. The van der Waals surface area contributed by atoms with E-state index < -0.39 is 0 Å². The van der Waals surface area contributed by atoms with Gasteiger partial charge in [0.15, 0.2) is 0 Å². The molecule has 3 rings (SSSR count). The molecule has 2 aromatic carbocycles. The highest BCUT2D eigenvalue weighted by molar-refractivity contribution is 5.64. The summed E-state index contributed by atoms with van der Waals surface area (Å²) < 4.78 is 28.5. The summed E-state index contributed by atoms with van der Waals surface area (Å²) in [6.07, 6.45) is 6.48. The van der Waals surface area contributed by atoms with Gasteiger partial charge in [0.25, 0.3) is 0 Å². The van der Waals surface area contributed by atoms with Crippen LogP contribution in [-0.2, 0) is 6.42 Å². The zero-order valence-electron chi connectivity index (χ0n) is 13.0. The number of rotatable bonds is 3. The van der Waals surface area contributed by atoms with Gasteiger partial charge >= 0.3 is 0 Å². The Bertz CT molecular complexity index is 796. The molecule has 2 heteroatoms. The number of hydrogen-bond donors (Lipinski definition) is 0. The second kappa shape index (κ2) is 6.74. The van der Waals surface area contributed by atoms with Gasteiger partial charge < -0.3 is 0 Å². The average Bonchev–Trinajstić information content (AvgIpc) is 2.69. The molecule has 0 atom stereocenters. The van der Waals surface area contributed by atoms with Crippen LogP contribution in [0.15, 0.2) is 83.7 Å². The molecule has 0 radical (unpaired) electrons. The van der Waals surface area contributed by atoms with Crippen molar-refractivity contribution >= 4 is 0 Å². The molecule has 0 nitrogen and oxygen atoms in total. The van der Waals surface area contributed by atoms with Gasteiger partial charge in [-0.3, -0.25) is 0 Å². The van der Waals surface area contributed by atoms with E-state index in [9.17, 15) is 8.78 Å². The van der Waals surface area contributed by atoms with Crippen LogP contribution in [0.2, 0.25) is 0 Å². The van der Waals surface area contributed by atoms with Crippen LogP contribution in [0, 0.1) is 5.82 Å². The van der Waals surface area contributed by atoms with Crippen LogP contribution in [0.1, 0.15) is 18.9 Å². The Kier molecular flexibility index (Phi) is 4.52. The third kappa shape index (κ3) is 3.65. The lowest BCUT2D eigenvalue weighted by Crippen LogP contribution is -1.94. The third-order valence-corrected chi connectivity index (χ3v) is 3.98. The summed E-state index contributed by atoms with van der Waals surface area (Å²) in [7, 11) is 0. The van der Waals surface area contributed by atoms with Gasteiger partial charge in [0.1, 0.15) is 11.6 Å². The third-order valence-electron chi connectivity index (χ3n) is 3.98. The summed E-state index contributed by atoms with van der Waals surface area (Å²) in [6.45, 7) is 1.88. The van der Waals surface area contributed by atoms with Gasteiger partial charge in [-0.25, -0.2) is 8.78 Å². The van der Waals surface area contributed by atoms with Crippen LogP contribution < -0.4 is 0 Å². The van der Waals surface area contributed by atoms with E-state index in [4.69, 9.17) is 0 Å². The van der Waals surface area contributed by atoms with Crippen molar-refractivity contribution in [2.75, 3.05) is 0 Å². The van der Waals surface area contributed by atoms with Gasteiger partial charge in [-0.15, -0.1) is 0 Å². The van der Waals surface area contributed by atoms with Gasteiger partial charge in [0, 0.05) is 12.0 Å². The Morgan fingerprint density at radius 1 is 0.957 bits per heavy atom. The molecule has 2 aromatic rings. The Morgan fingerprint density at radius 2 is 1.74 bits per heavy atom. The molecule has 23 heavy (non-hydrogen) atoms. The summed E-state index contributed by atoms with van der Waals surface area (Å²) in [5, 5.41) is 0. The van der Waals surface area contributed by atoms with Crippen LogP contribution in [0.3, 0.4) is 0 Å². The Morgan fingerprint density at radius 3 is 2.48 bits per heavy atom. The smallest absolute Gasteiger partial charge is 0.131 e. The number of halogens is 2. The van der Waals surface area contributed by atoms with E-state index in [1.54, 1.807) is 6.07 Å². The van der Waals surface area contributed by atoms with Crippen molar-refractivity contribution < 1.29 is 8.78 Å². The second-order valence-corrected chi connectivity index (χ2v) is 5.76. The first-order valence-corrected chi connectivity index (χ1v) is 7.70. The molecule has 116 valence electrons. The lowest BCUT2D eigenvalue weighted by Gasteiger charge is -2.08. The van der Waals surface area contributed by atoms with E-state index in [0.717, 1.165) is 16.7 Å². The molecule has 0 N–H and O–H groups in total. The summed E-state index contributed by atoms with van der Waals surface area (Å²) in [5.41, 5.74) is 3.72. The molecule has 0 amide bonds. The Hall–Kier alpha value is -2.48. The average molecular weight is 308 g/mol. The molecule has 0 spiro atoms. The summed E-state index contributed by atoms with van der Waals surface area (Å²) >= 11 is 0. The van der Waals surface area contributed by atoms with Crippen molar-refractivity contribution in [3.05, 3.63) is 95.1 Å². The molecule has 1 aliphatic rings. The number of benzene rings is 2. The Labute approximate surface area is 135 Å². The topological polar surface area (TPSA) is 0 Å². The Balaban J connectivity index is 1.84. The molecule has 0 aromatic heterocycles. The molecule has 0 unspecified atom stereocenters. The predicted octanol–water partition coefficient (Wildman–Crippen LogP) is 6.17. The van der Waals surface area contributed by atoms with E-state index in [1.807, 2.05) is 55.5 Å². The van der Waals surface area contributed by atoms with Gasteiger partial charge in [0.05, 0.1) is 0 Å². The minimum Gasteiger partial charge on any atom is -0.207 e. The lowest BCUT2D eigenvalue weighted by atomic mass is 9.99. The fraction of sp³-hybridized carbons (Fsp3) is 0.143. The van der Waals surface area contributed by atoms with Crippen molar-refractivity contribution in [3.8, 4) is 11.1 Å². The maximum Gasteiger partial charge on any atom is 0.131 e. The monoisotopic (exact) mass is 308 g/mol. The molecular weight excluding hydrogens is 290 g/mol. The number of hydrogen-bond acceptors (Lipinski definition) is 0. The summed E-state index contributed by atoms with van der Waals surface area (Å²) in [5.74, 6) is -0.509. The van der Waals surface area contributed by atoms with Crippen LogP contribution in [0.4, 0.5) is 8.78 Å². The first kappa shape index (κ1) is 15.4. The summed E-state index contributed by atoms with van der Waals surface area (Å²) in [6, 6.07) is 14.6. The highest BCUT2D eigenvalue weighted by Gasteiger charge is 2.11. The first-order valence-electron chi connectivity index (χ1n) is 7.70. The first-order chi connectivity index (χ1) is 11.1. The zero-order valence-corrected chi connectivity index (χ0v) is 13.0. The minimum absolute atomic E-state index is 0.233. The van der Waals surface area contributed by atoms with Crippen LogP contribution >= 0.6 is 0 Å². The molecule has 0 bridgehead atoms. The maximum atomic E-state index is 14.4. The van der Waals surface area contributed by atoms with Gasteiger partial charge in [-0.2, -0.15) is 0 Å². The van der Waals surface area contributed by atoms with Gasteiger partial charge in [-0.1, -0.05) is 60.2 Å². The van der Waals surface area contributed by atoms with Crippen molar-refractivity contribution in [1.29, 1.82) is 0 Å². The van der Waals surface area contributed by atoms with Crippen molar-refractivity contribution in [1.82, 2.24) is 0 Å². The van der Waals surface area contributed by atoms with Gasteiger partial charge in [0.2, 0.25) is 0 Å². The fourth-order valence-electron chi connectivity index (χ4n) is 2.73. The molecular formula is C21H18F2. The van der Waals surface area contributed by atoms with E-state index in [1.165, 1.54) is 12.1 Å². The second-order valence-electron chi connectivity index (χ2n) is 5.76. The van der Waals surface area contributed by atoms with Crippen molar-refractivity contribution in [2.24, 2.45) is 0 Å². The SMILES string of the molecule is CC1=CCC=C(Cc2ccc(-c3ccccc3)c(F)c2)C(F)=C1. The minimum atomic E-state index is -0.276. The van der Waals surface area contributed by atoms with Crippen molar-refractivity contribution in [2.45, 2.75) is 19.8 Å². The van der Waals surface area contributed by atoms with Crippen LogP contribution in [0.5, 0.6) is 0 Å². The van der Waals surface area contributed by atoms with Crippen LogP contribution in [0.25, 0.3) is 11.1 Å². The van der Waals surface area contributed by atoms with E-state index in [0.29, 0.717) is 24.0 Å². The molecule has 0 heterocycles. The van der Waals surface area contributed by atoms with Crippen molar-refractivity contribution in [3.63, 3.8) is 0 Å². The standard InChI is InChI=1S/C21H18F2/c1-15-6-5-9-18(20(22)12-15)13-16-10-11-19(21(23)14-16)17-7-3-2-4-8-17/h2-4,6-12,14H,5,13H2,1H3. The molecule has 0 saturated heterocycles. The maximum absolute atomic E-state index is 14.4. The molecule has 1 aliphatic carbocycles. The van der Waals surface area contributed by atoms with E-state index in [2.05, 4.69) is 0 Å². The van der Waals surface area contributed by atoms with E-state index in [-0.39, 0.29) is 11.6 Å². The van der Waals surface area contributed by atoms with E-state index >= 15 is 0 Å². The highest BCUT2D eigenvalue weighted by Crippen LogP contribution is 2.27. The predicted molar refractivity (Wildman–Crippen MR) is 91.2 cm³/mol. The van der Waals surface area contributed by atoms with Crippen LogP contribution in [-0.4, -0.2) is 0 Å². The normalized spacial score (nSPS) is 14.7. The summed E-state index contributed by atoms with van der Waals surface area (Å²) in [4.78, 5) is 0. The zero-order chi connectivity index (χ0) is 16.2. The quantitative estimate of drug-likeness (QED) is 0.636. The van der Waals surface area contributed by atoms with Gasteiger partial charge in [-0.05, 0) is 42.2 Å². The highest BCUT2D eigenvalue weighted by atomic mass is 19.1. The number of allylic oxidation sites excluding steroid dienone is 6. The largest absolute Gasteiger partial charge is 0.207 e.